The fourth-order valence-corrected chi connectivity index (χ4v) is 0.631. The van der Waals surface area contributed by atoms with Crippen LogP contribution in [0.5, 0.6) is 0 Å². The summed E-state index contributed by atoms with van der Waals surface area (Å²) in [5.74, 6) is -1.74. The molecule has 0 amide bonds. The highest BCUT2D eigenvalue weighted by atomic mass is 16.4. The van der Waals surface area contributed by atoms with E-state index in [4.69, 9.17) is 15.9 Å². The van der Waals surface area contributed by atoms with Crippen molar-refractivity contribution >= 4 is 11.9 Å². The van der Waals surface area contributed by atoms with Gasteiger partial charge in [-0.15, -0.1) is 0 Å². The molecule has 0 saturated carbocycles. The van der Waals surface area contributed by atoms with Gasteiger partial charge in [0, 0.05) is 12.8 Å². The molecule has 0 aliphatic carbocycles. The van der Waals surface area contributed by atoms with Crippen molar-refractivity contribution in [3.8, 4) is 0 Å². The number of allylic oxidation sites excluding steroid dienone is 2. The number of nitrogens with two attached hydrogens (primary N) is 1. The van der Waals surface area contributed by atoms with Gasteiger partial charge in [0.15, 0.2) is 0 Å². The van der Waals surface area contributed by atoms with E-state index in [0.717, 1.165) is 0 Å². The molecule has 0 radical (unpaired) electrons. The summed E-state index contributed by atoms with van der Waals surface area (Å²) in [6.07, 6.45) is 5.75. The van der Waals surface area contributed by atoms with E-state index < -0.39 is 11.9 Å². The Bertz CT molecular complexity index is 207. The number of rotatable bonds is 6. The highest BCUT2D eigenvalue weighted by Crippen LogP contribution is 1.98. The van der Waals surface area contributed by atoms with Gasteiger partial charge in [-0.05, 0) is 25.1 Å². The molecule has 0 bridgehead atoms. The molecule has 5 nitrogen and oxygen atoms in total. The molecular weight excluding hydrogens is 198 g/mol. The molecule has 0 rings (SSSR count). The van der Waals surface area contributed by atoms with Gasteiger partial charge in [0.2, 0.25) is 0 Å². The molecule has 0 spiro atoms. The predicted octanol–water partition coefficient (Wildman–Crippen LogP) is 1.36. The maximum Gasteiger partial charge on any atom is 0.303 e. The van der Waals surface area contributed by atoms with Gasteiger partial charge in [0.05, 0.1) is 0 Å². The summed E-state index contributed by atoms with van der Waals surface area (Å²) in [7, 11) is 0. The smallest absolute Gasteiger partial charge is 0.303 e. The minimum atomic E-state index is -0.870. The van der Waals surface area contributed by atoms with Crippen LogP contribution < -0.4 is 5.73 Å². The van der Waals surface area contributed by atoms with Crippen LogP contribution in [0.4, 0.5) is 0 Å². The molecule has 0 aliphatic rings. The molecule has 0 aromatic carbocycles. The first-order valence-electron chi connectivity index (χ1n) is 4.47. The van der Waals surface area contributed by atoms with Gasteiger partial charge in [-0.2, -0.15) is 0 Å². The predicted molar refractivity (Wildman–Crippen MR) is 57.3 cm³/mol. The molecular formula is C10H17NO4. The Kier molecular flexibility index (Phi) is 12.8. The van der Waals surface area contributed by atoms with Crippen LogP contribution in [-0.4, -0.2) is 22.2 Å². The van der Waals surface area contributed by atoms with E-state index in [1.54, 1.807) is 12.2 Å². The van der Waals surface area contributed by atoms with Crippen molar-refractivity contribution in [1.29, 1.82) is 0 Å². The number of aliphatic carboxylic acids is 2. The Morgan fingerprint density at radius 3 is 1.67 bits per heavy atom. The van der Waals surface area contributed by atoms with Gasteiger partial charge in [0.25, 0.3) is 0 Å². The first kappa shape index (κ1) is 15.7. The average molecular weight is 215 g/mol. The minimum absolute atomic E-state index is 0.0628. The van der Waals surface area contributed by atoms with E-state index in [1.807, 2.05) is 0 Å². The van der Waals surface area contributed by atoms with Gasteiger partial charge in [-0.1, -0.05) is 12.7 Å². The minimum Gasteiger partial charge on any atom is -0.481 e. The van der Waals surface area contributed by atoms with Crippen molar-refractivity contribution in [3.05, 3.63) is 24.9 Å². The fraction of sp³-hybridized carbons (Fsp3) is 0.400. The van der Waals surface area contributed by atoms with Crippen molar-refractivity contribution in [2.75, 3.05) is 0 Å². The third-order valence-corrected chi connectivity index (χ3v) is 1.28. The van der Waals surface area contributed by atoms with Crippen molar-refractivity contribution in [2.24, 2.45) is 5.73 Å². The van der Waals surface area contributed by atoms with Gasteiger partial charge < -0.3 is 15.9 Å². The molecule has 0 heterocycles. The Hall–Kier alpha value is -1.78. The molecule has 0 fully saturated rings. The zero-order valence-corrected chi connectivity index (χ0v) is 8.56. The summed E-state index contributed by atoms with van der Waals surface area (Å²) < 4.78 is 0. The first-order valence-corrected chi connectivity index (χ1v) is 4.47. The highest BCUT2D eigenvalue weighted by molar-refractivity contribution is 5.67. The second kappa shape index (κ2) is 12.2. The maximum absolute atomic E-state index is 9.90. The Balaban J connectivity index is 0. The van der Waals surface area contributed by atoms with Crippen LogP contribution in [0, 0.1) is 0 Å². The van der Waals surface area contributed by atoms with E-state index in [9.17, 15) is 9.59 Å². The third kappa shape index (κ3) is 24.5. The SMILES string of the molecule is C=CC=CN.O=C(O)CCCCC(=O)O. The van der Waals surface area contributed by atoms with E-state index in [-0.39, 0.29) is 12.8 Å². The number of carbonyl (C=O) groups is 2. The van der Waals surface area contributed by atoms with Crippen LogP contribution in [-0.2, 0) is 9.59 Å². The van der Waals surface area contributed by atoms with Crippen LogP contribution in [0.25, 0.3) is 0 Å². The zero-order valence-electron chi connectivity index (χ0n) is 8.56. The van der Waals surface area contributed by atoms with Gasteiger partial charge >= 0.3 is 11.9 Å². The van der Waals surface area contributed by atoms with Crippen molar-refractivity contribution in [2.45, 2.75) is 25.7 Å². The summed E-state index contributed by atoms with van der Waals surface area (Å²) in [5, 5.41) is 16.3. The summed E-state index contributed by atoms with van der Waals surface area (Å²) in [6.45, 7) is 3.38. The zero-order chi connectivity index (χ0) is 12.1. The Labute approximate surface area is 88.9 Å². The quantitative estimate of drug-likeness (QED) is 0.458. The van der Waals surface area contributed by atoms with Gasteiger partial charge in [0.1, 0.15) is 0 Å². The van der Waals surface area contributed by atoms with Crippen LogP contribution in [0.1, 0.15) is 25.7 Å². The normalized spacial score (nSPS) is 9.07. The Morgan fingerprint density at radius 1 is 1.13 bits per heavy atom. The lowest BCUT2D eigenvalue weighted by molar-refractivity contribution is -0.139. The lowest BCUT2D eigenvalue weighted by atomic mass is 10.2. The number of carboxylic acids is 2. The molecule has 0 unspecified atom stereocenters. The van der Waals surface area contributed by atoms with Crippen molar-refractivity contribution in [1.82, 2.24) is 0 Å². The number of carboxylic acid groups (broad SMARTS) is 2. The summed E-state index contributed by atoms with van der Waals surface area (Å²) in [6, 6.07) is 0. The monoisotopic (exact) mass is 215 g/mol. The largest absolute Gasteiger partial charge is 0.481 e. The second-order valence-corrected chi connectivity index (χ2v) is 2.62. The maximum atomic E-state index is 9.90. The number of unbranched alkanes of at least 4 members (excludes halogenated alkanes) is 1. The molecule has 86 valence electrons. The molecule has 0 aromatic rings. The van der Waals surface area contributed by atoms with Crippen molar-refractivity contribution in [3.63, 3.8) is 0 Å². The highest BCUT2D eigenvalue weighted by Gasteiger charge is 1.99. The molecule has 4 N–H and O–H groups in total. The average Bonchev–Trinajstić information content (AvgIpc) is 2.14. The third-order valence-electron chi connectivity index (χ3n) is 1.28. The van der Waals surface area contributed by atoms with Gasteiger partial charge in [-0.25, -0.2) is 0 Å². The molecule has 0 atom stereocenters. The fourth-order valence-electron chi connectivity index (χ4n) is 0.631. The number of hydrogen-bond acceptors (Lipinski definition) is 3. The standard InChI is InChI=1S/C6H10O4.C4H7N/c7-5(8)3-1-2-4-6(9)10;1-2-3-4-5/h1-4H2,(H,7,8)(H,9,10);2-4H,1,5H2. The van der Waals surface area contributed by atoms with Crippen LogP contribution in [0.3, 0.4) is 0 Å². The molecule has 0 aliphatic heterocycles. The van der Waals surface area contributed by atoms with E-state index in [1.165, 1.54) is 6.20 Å². The number of hydrogen-bond donors (Lipinski definition) is 3. The van der Waals surface area contributed by atoms with Crippen LogP contribution in [0.2, 0.25) is 0 Å². The van der Waals surface area contributed by atoms with E-state index >= 15 is 0 Å². The topological polar surface area (TPSA) is 101 Å². The van der Waals surface area contributed by atoms with E-state index in [0.29, 0.717) is 12.8 Å². The van der Waals surface area contributed by atoms with E-state index in [2.05, 4.69) is 6.58 Å². The van der Waals surface area contributed by atoms with Crippen LogP contribution >= 0.6 is 0 Å². The summed E-state index contributed by atoms with van der Waals surface area (Å²) in [4.78, 5) is 19.8. The van der Waals surface area contributed by atoms with Crippen LogP contribution in [0.15, 0.2) is 24.9 Å². The van der Waals surface area contributed by atoms with Crippen molar-refractivity contribution < 1.29 is 19.8 Å². The lowest BCUT2D eigenvalue weighted by Gasteiger charge is -1.92. The molecule has 5 heteroatoms. The van der Waals surface area contributed by atoms with Gasteiger partial charge in [-0.3, -0.25) is 9.59 Å². The summed E-state index contributed by atoms with van der Waals surface area (Å²) in [5.41, 5.74) is 4.89. The Morgan fingerprint density at radius 2 is 1.53 bits per heavy atom. The molecule has 15 heavy (non-hydrogen) atoms. The summed E-state index contributed by atoms with van der Waals surface area (Å²) >= 11 is 0. The molecule has 0 saturated heterocycles. The first-order chi connectivity index (χ1) is 7.04. The lowest BCUT2D eigenvalue weighted by Crippen LogP contribution is -1.97. The second-order valence-electron chi connectivity index (χ2n) is 2.62. The molecule has 0 aromatic heterocycles.